The summed E-state index contributed by atoms with van der Waals surface area (Å²) < 4.78 is 31.9. The average Bonchev–Trinajstić information content (AvgIpc) is 3.56. The lowest BCUT2D eigenvalue weighted by Gasteiger charge is -2.41. The number of hydrogen-bond acceptors (Lipinski definition) is 9. The summed E-state index contributed by atoms with van der Waals surface area (Å²) >= 11 is 0. The lowest BCUT2D eigenvalue weighted by Crippen LogP contribution is -2.57. The fraction of sp³-hybridized carbons (Fsp3) is 0.304. The van der Waals surface area contributed by atoms with E-state index in [9.17, 15) is 13.6 Å². The first-order chi connectivity index (χ1) is 17.5. The third-order valence-electron chi connectivity index (χ3n) is 6.39. The largest absolute Gasteiger partial charge is 0.415 e. The van der Waals surface area contributed by atoms with E-state index >= 15 is 0 Å². The van der Waals surface area contributed by atoms with E-state index in [1.807, 2.05) is 24.4 Å². The molecule has 2 aliphatic rings. The van der Waals surface area contributed by atoms with Crippen LogP contribution in [0.4, 0.5) is 20.2 Å². The molecule has 1 spiro atoms. The average molecular weight is 493 g/mol. The molecule has 11 nitrogen and oxygen atoms in total. The Kier molecular flexibility index (Phi) is 5.40. The zero-order valence-corrected chi connectivity index (χ0v) is 18.9. The van der Waals surface area contributed by atoms with E-state index < -0.39 is 17.9 Å². The molecule has 3 N–H and O–H groups in total. The first-order valence-corrected chi connectivity index (χ1v) is 11.4. The van der Waals surface area contributed by atoms with Crippen LogP contribution in [0.1, 0.15) is 30.9 Å². The molecule has 1 amide bonds. The number of carbonyl (C=O) groups is 1. The third kappa shape index (κ3) is 4.06. The number of anilines is 2. The van der Waals surface area contributed by atoms with Crippen molar-refractivity contribution in [3.63, 3.8) is 0 Å². The van der Waals surface area contributed by atoms with Crippen molar-refractivity contribution in [1.29, 1.82) is 0 Å². The van der Waals surface area contributed by atoms with Gasteiger partial charge in [-0.2, -0.15) is 8.78 Å². The second kappa shape index (κ2) is 8.75. The topological polar surface area (TPSA) is 136 Å². The van der Waals surface area contributed by atoms with Gasteiger partial charge in [0, 0.05) is 11.8 Å². The van der Waals surface area contributed by atoms with Crippen LogP contribution >= 0.6 is 0 Å². The van der Waals surface area contributed by atoms with Gasteiger partial charge in [-0.3, -0.25) is 9.78 Å². The molecule has 5 heterocycles. The number of benzene rings is 1. The molecule has 4 aromatic rings. The number of halogens is 2. The second-order valence-electron chi connectivity index (χ2n) is 8.76. The molecule has 36 heavy (non-hydrogen) atoms. The highest BCUT2D eigenvalue weighted by Gasteiger charge is 2.42. The maximum atomic E-state index is 12.7. The van der Waals surface area contributed by atoms with Gasteiger partial charge in [0.1, 0.15) is 11.2 Å². The Labute approximate surface area is 203 Å². The highest BCUT2D eigenvalue weighted by Crippen LogP contribution is 2.37. The zero-order chi connectivity index (χ0) is 24.7. The summed E-state index contributed by atoms with van der Waals surface area (Å²) in [6.45, 7) is 1.92. The molecule has 0 radical (unpaired) electrons. The Bertz CT molecular complexity index is 1410. The quantitative estimate of drug-likeness (QED) is 0.383. The fourth-order valence-electron chi connectivity index (χ4n) is 4.44. The summed E-state index contributed by atoms with van der Waals surface area (Å²) in [5, 5.41) is 25.2. The number of aromatic nitrogens is 6. The van der Waals surface area contributed by atoms with Crippen LogP contribution in [-0.4, -0.2) is 54.7 Å². The normalized spacial score (nSPS) is 16.6. The van der Waals surface area contributed by atoms with Crippen molar-refractivity contribution in [2.75, 3.05) is 23.7 Å². The van der Waals surface area contributed by atoms with Gasteiger partial charge in [0.25, 0.3) is 5.89 Å². The summed E-state index contributed by atoms with van der Waals surface area (Å²) in [6.07, 6.45) is 1.90. The molecule has 0 atom stereocenters. The van der Waals surface area contributed by atoms with Gasteiger partial charge in [-0.05, 0) is 50.2 Å². The van der Waals surface area contributed by atoms with E-state index in [1.165, 1.54) is 6.20 Å². The Balaban J connectivity index is 1.17. The van der Waals surface area contributed by atoms with Crippen molar-refractivity contribution >= 4 is 17.3 Å². The lowest BCUT2D eigenvalue weighted by molar-refractivity contribution is -0.121. The Morgan fingerprint density at radius 3 is 2.64 bits per heavy atom. The number of piperidine rings is 1. The van der Waals surface area contributed by atoms with Gasteiger partial charge >= 0.3 is 6.43 Å². The molecule has 6 rings (SSSR count). The molecular weight excluding hydrogens is 472 g/mol. The molecule has 0 aliphatic carbocycles. The van der Waals surface area contributed by atoms with Crippen LogP contribution in [-0.2, 0) is 11.3 Å². The molecule has 0 bridgehead atoms. The minimum Gasteiger partial charge on any atom is -0.415 e. The lowest BCUT2D eigenvalue weighted by atomic mass is 9.85. The van der Waals surface area contributed by atoms with Crippen molar-refractivity contribution in [3.05, 3.63) is 54.3 Å². The van der Waals surface area contributed by atoms with Crippen molar-refractivity contribution in [1.82, 2.24) is 35.5 Å². The number of alkyl halides is 2. The number of rotatable bonds is 5. The molecule has 2 aliphatic heterocycles. The zero-order valence-electron chi connectivity index (χ0n) is 18.9. The fourth-order valence-corrected chi connectivity index (χ4v) is 4.44. The molecule has 0 saturated carbocycles. The van der Waals surface area contributed by atoms with Gasteiger partial charge in [0.2, 0.25) is 11.8 Å². The predicted octanol–water partition coefficient (Wildman–Crippen LogP) is 2.86. The van der Waals surface area contributed by atoms with Crippen LogP contribution in [0, 0.1) is 0 Å². The van der Waals surface area contributed by atoms with Gasteiger partial charge in [-0.25, -0.2) is 4.68 Å². The van der Waals surface area contributed by atoms with E-state index in [4.69, 9.17) is 4.42 Å². The smallest absolute Gasteiger partial charge is 0.314 e. The van der Waals surface area contributed by atoms with Crippen molar-refractivity contribution in [2.45, 2.75) is 31.4 Å². The van der Waals surface area contributed by atoms with Gasteiger partial charge in [0.05, 0.1) is 35.4 Å². The molecule has 184 valence electrons. The predicted molar refractivity (Wildman–Crippen MR) is 124 cm³/mol. The number of fused-ring (bicyclic) bond motifs is 1. The summed E-state index contributed by atoms with van der Waals surface area (Å²) in [5.41, 5.74) is 3.67. The van der Waals surface area contributed by atoms with Gasteiger partial charge in [0.15, 0.2) is 0 Å². The number of nitrogens with one attached hydrogen (secondary N) is 3. The second-order valence-corrected chi connectivity index (χ2v) is 8.76. The molecule has 1 fully saturated rings. The molecular formula is C23H21F2N9O2. The van der Waals surface area contributed by atoms with Crippen molar-refractivity contribution in [2.24, 2.45) is 0 Å². The third-order valence-corrected chi connectivity index (χ3v) is 6.39. The Morgan fingerprint density at radius 2 is 1.89 bits per heavy atom. The highest BCUT2D eigenvalue weighted by molar-refractivity contribution is 6.06. The summed E-state index contributed by atoms with van der Waals surface area (Å²) in [7, 11) is 0. The van der Waals surface area contributed by atoms with Crippen LogP contribution in [0.3, 0.4) is 0 Å². The van der Waals surface area contributed by atoms with E-state index in [2.05, 4.69) is 41.4 Å². The summed E-state index contributed by atoms with van der Waals surface area (Å²) in [6, 6.07) is 9.12. The maximum Gasteiger partial charge on any atom is 0.314 e. The maximum absolute atomic E-state index is 12.7. The number of carbonyl (C=O) groups excluding carboxylic acids is 1. The van der Waals surface area contributed by atoms with E-state index in [0.717, 1.165) is 30.0 Å². The highest BCUT2D eigenvalue weighted by atomic mass is 19.3. The molecule has 3 aromatic heterocycles. The van der Waals surface area contributed by atoms with Gasteiger partial charge in [-0.15, -0.1) is 15.3 Å². The molecule has 1 saturated heterocycles. The SMILES string of the molecule is O=C1Nc2ccc(-c3cn(Cc4ccc(-c5nnc(C(F)F)o5)cn4)nn3)cc2NC12CCNCC2. The van der Waals surface area contributed by atoms with Gasteiger partial charge in [-0.1, -0.05) is 11.3 Å². The number of pyridine rings is 1. The minimum atomic E-state index is -2.82. The van der Waals surface area contributed by atoms with Crippen LogP contribution in [0.2, 0.25) is 0 Å². The van der Waals surface area contributed by atoms with E-state index in [-0.39, 0.29) is 11.8 Å². The van der Waals surface area contributed by atoms with Crippen LogP contribution < -0.4 is 16.0 Å². The van der Waals surface area contributed by atoms with E-state index in [1.54, 1.807) is 16.8 Å². The van der Waals surface area contributed by atoms with Crippen LogP contribution in [0.25, 0.3) is 22.7 Å². The Morgan fingerprint density at radius 1 is 1.06 bits per heavy atom. The van der Waals surface area contributed by atoms with Gasteiger partial charge < -0.3 is 20.4 Å². The first-order valence-electron chi connectivity index (χ1n) is 11.4. The van der Waals surface area contributed by atoms with Crippen LogP contribution in [0.15, 0.2) is 47.1 Å². The molecule has 1 aromatic carbocycles. The number of nitrogens with zero attached hydrogens (tertiary/aromatic N) is 6. The standard InChI is InChI=1S/C23H21F2N9O2/c24-19(25)21-32-31-20(36-21)14-1-3-15(27-10-14)11-34-12-18(30-33-34)13-2-4-16-17(9-13)29-23(22(35)28-16)5-7-26-8-6-23/h1-4,9-10,12,19,26,29H,5-8,11H2,(H,28,35). The monoisotopic (exact) mass is 493 g/mol. The molecule has 0 unspecified atom stereocenters. The van der Waals surface area contributed by atoms with Crippen molar-refractivity contribution in [3.8, 4) is 22.7 Å². The summed E-state index contributed by atoms with van der Waals surface area (Å²) in [4.78, 5) is 17.1. The van der Waals surface area contributed by atoms with Crippen molar-refractivity contribution < 1.29 is 18.0 Å². The van der Waals surface area contributed by atoms with Crippen LogP contribution in [0.5, 0.6) is 0 Å². The van der Waals surface area contributed by atoms with E-state index in [0.29, 0.717) is 36.3 Å². The Hall–Kier alpha value is -4.26. The first kappa shape index (κ1) is 22.2. The summed E-state index contributed by atoms with van der Waals surface area (Å²) in [5.74, 6) is -0.743. The minimum absolute atomic E-state index is 0.00210. The molecule has 13 heteroatoms. The number of amides is 1. The number of hydrogen-bond donors (Lipinski definition) is 3.